The molecule has 27 heavy (non-hydrogen) atoms. The van der Waals surface area contributed by atoms with E-state index in [2.05, 4.69) is 38.5 Å². The standard InChI is InChI=1S/C22H26N4O/c27-21(16-24-12-9-18-4-1-2-6-20(18)24)25-11-3-5-19(15-25)22-23-10-13-26(22)14-17-7-8-17/h1-2,4,6,9-10,12-13,17,19H,3,5,7-8,11,14-16H2. The van der Waals surface area contributed by atoms with Gasteiger partial charge in [0.1, 0.15) is 12.4 Å². The quantitative estimate of drug-likeness (QED) is 0.695. The van der Waals surface area contributed by atoms with Crippen LogP contribution < -0.4 is 0 Å². The van der Waals surface area contributed by atoms with Gasteiger partial charge in [-0.3, -0.25) is 4.79 Å². The number of likely N-dealkylation sites (tertiary alicyclic amines) is 1. The SMILES string of the molecule is O=C(Cn1ccc2ccccc21)N1CCCC(c2nccn2CC2CC2)C1. The molecule has 0 N–H and O–H groups in total. The van der Waals surface area contributed by atoms with Crippen molar-refractivity contribution in [3.8, 4) is 0 Å². The van der Waals surface area contributed by atoms with Gasteiger partial charge in [0.2, 0.25) is 5.91 Å². The van der Waals surface area contributed by atoms with E-state index in [-0.39, 0.29) is 5.91 Å². The molecule has 1 atom stereocenters. The summed E-state index contributed by atoms with van der Waals surface area (Å²) in [7, 11) is 0. The maximum atomic E-state index is 13.0. The van der Waals surface area contributed by atoms with Gasteiger partial charge in [-0.2, -0.15) is 0 Å². The number of aromatic nitrogens is 3. The van der Waals surface area contributed by atoms with E-state index in [1.54, 1.807) is 0 Å². The van der Waals surface area contributed by atoms with Gasteiger partial charge in [0.05, 0.1) is 0 Å². The third-order valence-electron chi connectivity index (χ3n) is 6.02. The van der Waals surface area contributed by atoms with Crippen molar-refractivity contribution in [1.29, 1.82) is 0 Å². The number of hydrogen-bond donors (Lipinski definition) is 0. The van der Waals surface area contributed by atoms with Gasteiger partial charge in [-0.05, 0) is 49.1 Å². The number of nitrogens with zero attached hydrogens (tertiary/aromatic N) is 4. The van der Waals surface area contributed by atoms with Crippen LogP contribution in [-0.4, -0.2) is 38.0 Å². The zero-order chi connectivity index (χ0) is 18.2. The van der Waals surface area contributed by atoms with Gasteiger partial charge in [-0.1, -0.05) is 18.2 Å². The van der Waals surface area contributed by atoms with Crippen LogP contribution in [0.25, 0.3) is 10.9 Å². The van der Waals surface area contributed by atoms with Crippen molar-refractivity contribution in [1.82, 2.24) is 19.0 Å². The summed E-state index contributed by atoms with van der Waals surface area (Å²) in [6, 6.07) is 10.3. The van der Waals surface area contributed by atoms with Gasteiger partial charge < -0.3 is 14.0 Å². The lowest BCUT2D eigenvalue weighted by Crippen LogP contribution is -2.41. The normalized spacial score (nSPS) is 20.3. The van der Waals surface area contributed by atoms with E-state index >= 15 is 0 Å². The molecule has 1 aliphatic carbocycles. The molecule has 2 aliphatic rings. The molecule has 0 bridgehead atoms. The highest BCUT2D eigenvalue weighted by Gasteiger charge is 2.29. The van der Waals surface area contributed by atoms with Crippen molar-refractivity contribution in [2.45, 2.75) is 44.7 Å². The molecule has 1 amide bonds. The number of benzene rings is 1. The molecular weight excluding hydrogens is 336 g/mol. The molecule has 1 aliphatic heterocycles. The largest absolute Gasteiger partial charge is 0.340 e. The van der Waals surface area contributed by atoms with Crippen molar-refractivity contribution >= 4 is 16.8 Å². The summed E-state index contributed by atoms with van der Waals surface area (Å²) < 4.78 is 4.39. The Hall–Kier alpha value is -2.56. The van der Waals surface area contributed by atoms with E-state index in [0.717, 1.165) is 43.9 Å². The van der Waals surface area contributed by atoms with Crippen LogP contribution in [0, 0.1) is 5.92 Å². The van der Waals surface area contributed by atoms with Crippen molar-refractivity contribution in [2.75, 3.05) is 13.1 Å². The third kappa shape index (κ3) is 3.38. The summed E-state index contributed by atoms with van der Waals surface area (Å²) in [5.41, 5.74) is 1.12. The topological polar surface area (TPSA) is 43.1 Å². The minimum absolute atomic E-state index is 0.210. The monoisotopic (exact) mass is 362 g/mol. The van der Waals surface area contributed by atoms with E-state index in [4.69, 9.17) is 0 Å². The average molecular weight is 362 g/mol. The van der Waals surface area contributed by atoms with Gasteiger partial charge in [0.15, 0.2) is 0 Å². The molecule has 0 spiro atoms. The van der Waals surface area contributed by atoms with Crippen LogP contribution >= 0.6 is 0 Å². The molecule has 2 fully saturated rings. The molecule has 5 rings (SSSR count). The Balaban J connectivity index is 1.29. The molecule has 1 saturated heterocycles. The van der Waals surface area contributed by atoms with Crippen molar-refractivity contribution in [2.24, 2.45) is 5.92 Å². The van der Waals surface area contributed by atoms with Crippen LogP contribution in [0.1, 0.15) is 37.4 Å². The van der Waals surface area contributed by atoms with Crippen LogP contribution in [-0.2, 0) is 17.9 Å². The van der Waals surface area contributed by atoms with E-state index in [1.165, 1.54) is 24.1 Å². The first-order valence-electron chi connectivity index (χ1n) is 10.1. The first-order chi connectivity index (χ1) is 13.3. The fraction of sp³-hybridized carbons (Fsp3) is 0.455. The number of carbonyl (C=O) groups excluding carboxylic acids is 1. The lowest BCUT2D eigenvalue weighted by Gasteiger charge is -2.33. The molecule has 3 heterocycles. The number of piperidine rings is 1. The number of para-hydroxylation sites is 1. The Morgan fingerprint density at radius 2 is 1.96 bits per heavy atom. The molecule has 140 valence electrons. The molecule has 2 aromatic heterocycles. The van der Waals surface area contributed by atoms with Crippen LogP contribution in [0.4, 0.5) is 0 Å². The van der Waals surface area contributed by atoms with E-state index < -0.39 is 0 Å². The van der Waals surface area contributed by atoms with Crippen molar-refractivity contribution in [3.05, 3.63) is 54.7 Å². The number of rotatable bonds is 5. The summed E-state index contributed by atoms with van der Waals surface area (Å²) in [6.45, 7) is 3.16. The van der Waals surface area contributed by atoms with E-state index in [0.29, 0.717) is 12.5 Å². The van der Waals surface area contributed by atoms with E-state index in [1.807, 2.05) is 29.4 Å². The summed E-state index contributed by atoms with van der Waals surface area (Å²) in [4.78, 5) is 19.7. The maximum Gasteiger partial charge on any atom is 0.242 e. The van der Waals surface area contributed by atoms with Crippen LogP contribution in [0.2, 0.25) is 0 Å². The average Bonchev–Trinajstić information content (AvgIpc) is 3.24. The van der Waals surface area contributed by atoms with Gasteiger partial charge >= 0.3 is 0 Å². The second kappa shape index (κ2) is 6.87. The number of carbonyl (C=O) groups is 1. The Kier molecular flexibility index (Phi) is 4.23. The lowest BCUT2D eigenvalue weighted by molar-refractivity contribution is -0.133. The van der Waals surface area contributed by atoms with Gasteiger partial charge in [0, 0.05) is 49.7 Å². The Labute approximate surface area is 159 Å². The molecule has 5 nitrogen and oxygen atoms in total. The zero-order valence-electron chi connectivity index (χ0n) is 15.6. The first kappa shape index (κ1) is 16.6. The molecule has 1 unspecified atom stereocenters. The molecule has 5 heteroatoms. The molecule has 0 radical (unpaired) electrons. The number of imidazole rings is 1. The fourth-order valence-electron chi connectivity index (χ4n) is 4.35. The predicted molar refractivity (Wildman–Crippen MR) is 105 cm³/mol. The second-order valence-corrected chi connectivity index (χ2v) is 8.06. The summed E-state index contributed by atoms with van der Waals surface area (Å²) in [5, 5.41) is 1.18. The Bertz CT molecular complexity index is 952. The number of amides is 1. The molecular formula is C22H26N4O. The highest BCUT2D eigenvalue weighted by atomic mass is 16.2. The van der Waals surface area contributed by atoms with Crippen LogP contribution in [0.15, 0.2) is 48.9 Å². The maximum absolute atomic E-state index is 13.0. The molecule has 3 aromatic rings. The third-order valence-corrected chi connectivity index (χ3v) is 6.02. The Morgan fingerprint density at radius 1 is 1.07 bits per heavy atom. The van der Waals surface area contributed by atoms with Gasteiger partial charge in [-0.25, -0.2) is 4.98 Å². The second-order valence-electron chi connectivity index (χ2n) is 8.06. The van der Waals surface area contributed by atoms with Crippen LogP contribution in [0.5, 0.6) is 0 Å². The highest BCUT2D eigenvalue weighted by molar-refractivity contribution is 5.83. The minimum Gasteiger partial charge on any atom is -0.340 e. The first-order valence-corrected chi connectivity index (χ1v) is 10.1. The van der Waals surface area contributed by atoms with Gasteiger partial charge in [-0.15, -0.1) is 0 Å². The lowest BCUT2D eigenvalue weighted by atomic mass is 9.97. The van der Waals surface area contributed by atoms with E-state index in [9.17, 15) is 4.79 Å². The number of fused-ring (bicyclic) bond motifs is 1. The minimum atomic E-state index is 0.210. The molecule has 1 saturated carbocycles. The van der Waals surface area contributed by atoms with Crippen molar-refractivity contribution < 1.29 is 4.79 Å². The Morgan fingerprint density at radius 3 is 2.85 bits per heavy atom. The molecule has 1 aromatic carbocycles. The summed E-state index contributed by atoms with van der Waals surface area (Å²) in [5.74, 6) is 2.58. The number of hydrogen-bond acceptors (Lipinski definition) is 2. The predicted octanol–water partition coefficient (Wildman–Crippen LogP) is 3.65. The van der Waals surface area contributed by atoms with Crippen LogP contribution in [0.3, 0.4) is 0 Å². The smallest absolute Gasteiger partial charge is 0.242 e. The summed E-state index contributed by atoms with van der Waals surface area (Å²) >= 11 is 0. The van der Waals surface area contributed by atoms with Gasteiger partial charge in [0.25, 0.3) is 0 Å². The highest BCUT2D eigenvalue weighted by Crippen LogP contribution is 2.33. The fourth-order valence-corrected chi connectivity index (χ4v) is 4.35. The van der Waals surface area contributed by atoms with Crippen molar-refractivity contribution in [3.63, 3.8) is 0 Å². The zero-order valence-corrected chi connectivity index (χ0v) is 15.6. The summed E-state index contributed by atoms with van der Waals surface area (Å²) in [6.07, 6.45) is 10.9.